The van der Waals surface area contributed by atoms with Gasteiger partial charge >= 0.3 is 0 Å². The van der Waals surface area contributed by atoms with E-state index >= 15 is 0 Å². The number of amides is 1. The first-order valence-electron chi connectivity index (χ1n) is 11.3. The number of thiophene rings is 1. The average Bonchev–Trinajstić information content (AvgIpc) is 3.43. The van der Waals surface area contributed by atoms with Gasteiger partial charge in [-0.25, -0.2) is 17.9 Å². The highest BCUT2D eigenvalue weighted by atomic mass is 35.5. The fourth-order valence-corrected chi connectivity index (χ4v) is 6.26. The van der Waals surface area contributed by atoms with Crippen LogP contribution in [0.15, 0.2) is 53.7 Å². The van der Waals surface area contributed by atoms with Gasteiger partial charge in [0.2, 0.25) is 0 Å². The van der Waals surface area contributed by atoms with Crippen molar-refractivity contribution < 1.29 is 13.2 Å². The van der Waals surface area contributed by atoms with Crippen molar-refractivity contribution in [3.05, 3.63) is 58.0 Å². The molecular formula is C24H25ClN6O3S2. The highest BCUT2D eigenvalue weighted by Gasteiger charge is 2.34. The Kier molecular flexibility index (Phi) is 6.17. The van der Waals surface area contributed by atoms with E-state index in [1.165, 1.54) is 23.9 Å². The van der Waals surface area contributed by atoms with Gasteiger partial charge < -0.3 is 16.0 Å². The maximum Gasteiger partial charge on any atom is 0.261 e. The van der Waals surface area contributed by atoms with Crippen molar-refractivity contribution in [2.45, 2.75) is 30.2 Å². The number of anilines is 2. The van der Waals surface area contributed by atoms with E-state index in [2.05, 4.69) is 20.3 Å². The molecule has 188 valence electrons. The Hall–Kier alpha value is -3.15. The Morgan fingerprint density at radius 2 is 1.97 bits per heavy atom. The van der Waals surface area contributed by atoms with Crippen LogP contribution < -0.4 is 16.0 Å². The van der Waals surface area contributed by atoms with Crippen LogP contribution in [0.1, 0.15) is 29.4 Å². The summed E-state index contributed by atoms with van der Waals surface area (Å²) in [5, 5.41) is 7.62. The summed E-state index contributed by atoms with van der Waals surface area (Å²) in [7, 11) is -3.31. The van der Waals surface area contributed by atoms with Gasteiger partial charge in [0.15, 0.2) is 15.7 Å². The second-order valence-corrected chi connectivity index (χ2v) is 13.0. The molecule has 3 aromatic heterocycles. The molecule has 1 aliphatic heterocycles. The highest BCUT2D eigenvalue weighted by molar-refractivity contribution is 7.90. The Balaban J connectivity index is 1.50. The molecule has 1 atom stereocenters. The lowest BCUT2D eigenvalue weighted by atomic mass is 9.90. The minimum atomic E-state index is -3.31. The average molecular weight is 545 g/mol. The number of nitrogen functional groups attached to an aromatic ring is 1. The number of hydrogen-bond donors (Lipinski definition) is 2. The highest BCUT2D eigenvalue weighted by Crippen LogP contribution is 2.37. The maximum absolute atomic E-state index is 12.9. The quantitative estimate of drug-likeness (QED) is 0.391. The predicted molar refractivity (Wildman–Crippen MR) is 143 cm³/mol. The third-order valence-electron chi connectivity index (χ3n) is 6.39. The van der Waals surface area contributed by atoms with Crippen LogP contribution in [-0.4, -0.2) is 53.8 Å². The van der Waals surface area contributed by atoms with Crippen LogP contribution in [0.2, 0.25) is 4.34 Å². The van der Waals surface area contributed by atoms with E-state index in [-0.39, 0.29) is 10.8 Å². The Labute approximate surface area is 217 Å². The molecule has 1 saturated heterocycles. The molecule has 0 saturated carbocycles. The van der Waals surface area contributed by atoms with Crippen LogP contribution in [0.5, 0.6) is 0 Å². The number of halogens is 1. The molecule has 1 fully saturated rings. The number of rotatable bonds is 5. The molecular weight excluding hydrogens is 520 g/mol. The van der Waals surface area contributed by atoms with Crippen LogP contribution in [0.3, 0.4) is 0 Å². The summed E-state index contributed by atoms with van der Waals surface area (Å²) in [6.45, 7) is 3.38. The number of aromatic nitrogens is 3. The third kappa shape index (κ3) is 4.65. The first kappa shape index (κ1) is 24.5. The van der Waals surface area contributed by atoms with Gasteiger partial charge in [-0.1, -0.05) is 23.7 Å². The van der Waals surface area contributed by atoms with Gasteiger partial charge in [0.25, 0.3) is 5.91 Å². The third-order valence-corrected chi connectivity index (χ3v) is 8.75. The Bertz CT molecular complexity index is 1560. The monoisotopic (exact) mass is 544 g/mol. The zero-order valence-corrected chi connectivity index (χ0v) is 22.1. The maximum atomic E-state index is 12.9. The Morgan fingerprint density at radius 3 is 2.64 bits per heavy atom. The van der Waals surface area contributed by atoms with Gasteiger partial charge in [-0.15, -0.1) is 11.3 Å². The summed E-state index contributed by atoms with van der Waals surface area (Å²) in [5.74, 6) is 0.191. The SMILES string of the molecule is C[C@@]1(NC(=O)c2ccc(Cl)s2)CCCN(c2cc(-c3ccc(S(C)(=O)=O)cc3)n3ncnc(N)c23)C1. The van der Waals surface area contributed by atoms with E-state index in [1.54, 1.807) is 40.9 Å². The molecule has 0 radical (unpaired) electrons. The summed E-state index contributed by atoms with van der Waals surface area (Å²) >= 11 is 7.27. The number of hydrogen-bond acceptors (Lipinski definition) is 8. The van der Waals surface area contributed by atoms with Crippen LogP contribution in [0.4, 0.5) is 11.5 Å². The van der Waals surface area contributed by atoms with Crippen molar-refractivity contribution in [1.29, 1.82) is 0 Å². The first-order chi connectivity index (χ1) is 17.0. The van der Waals surface area contributed by atoms with Crippen molar-refractivity contribution in [2.75, 3.05) is 30.0 Å². The number of fused-ring (bicyclic) bond motifs is 1. The molecule has 1 aromatic carbocycles. The van der Waals surface area contributed by atoms with E-state index in [9.17, 15) is 13.2 Å². The second kappa shape index (κ2) is 9.06. The number of carbonyl (C=O) groups excluding carboxylic acids is 1. The van der Waals surface area contributed by atoms with Gasteiger partial charge in [-0.3, -0.25) is 4.79 Å². The molecule has 5 rings (SSSR count). The van der Waals surface area contributed by atoms with Gasteiger partial charge in [-0.05, 0) is 50.1 Å². The lowest BCUT2D eigenvalue weighted by molar-refractivity contribution is 0.0901. The number of nitrogens with zero attached hydrogens (tertiary/aromatic N) is 4. The van der Waals surface area contributed by atoms with E-state index < -0.39 is 15.4 Å². The van der Waals surface area contributed by atoms with Crippen molar-refractivity contribution in [1.82, 2.24) is 19.9 Å². The van der Waals surface area contributed by atoms with Crippen LogP contribution >= 0.6 is 22.9 Å². The predicted octanol–water partition coefficient (Wildman–Crippen LogP) is 3.89. The van der Waals surface area contributed by atoms with Crippen molar-refractivity contribution in [3.8, 4) is 11.3 Å². The number of piperidine rings is 1. The molecule has 9 nitrogen and oxygen atoms in total. The first-order valence-corrected chi connectivity index (χ1v) is 14.4. The van der Waals surface area contributed by atoms with Gasteiger partial charge in [0.05, 0.1) is 31.0 Å². The number of sulfone groups is 1. The zero-order valence-electron chi connectivity index (χ0n) is 19.7. The Morgan fingerprint density at radius 1 is 1.22 bits per heavy atom. The molecule has 0 bridgehead atoms. The zero-order chi connectivity index (χ0) is 25.7. The van der Waals surface area contributed by atoms with Crippen molar-refractivity contribution >= 4 is 55.7 Å². The number of benzene rings is 1. The van der Waals surface area contributed by atoms with E-state index in [0.29, 0.717) is 27.1 Å². The molecule has 12 heteroatoms. The smallest absolute Gasteiger partial charge is 0.261 e. The summed E-state index contributed by atoms with van der Waals surface area (Å²) in [5.41, 5.74) is 8.92. The molecule has 4 aromatic rings. The lowest BCUT2D eigenvalue weighted by Gasteiger charge is -2.41. The van der Waals surface area contributed by atoms with Crippen molar-refractivity contribution in [3.63, 3.8) is 0 Å². The largest absolute Gasteiger partial charge is 0.382 e. The summed E-state index contributed by atoms with van der Waals surface area (Å²) < 4.78 is 26.1. The molecule has 0 unspecified atom stereocenters. The molecule has 0 spiro atoms. The minimum absolute atomic E-state index is 0.146. The van der Waals surface area contributed by atoms with E-state index in [0.717, 1.165) is 36.3 Å². The molecule has 4 heterocycles. The molecule has 1 amide bonds. The standard InChI is InChI=1S/C24H25ClN6O3S2/c1-24(29-23(32)19-8-9-20(25)35-19)10-3-11-30(13-24)18-12-17(31-21(18)22(26)27-14-28-31)15-4-6-16(7-5-15)36(2,33)34/h4-9,12,14H,3,10-11,13H2,1-2H3,(H,29,32)(H2,26,27,28)/t24-/m1/s1. The number of nitrogens with two attached hydrogens (primary N) is 1. The van der Waals surface area contributed by atoms with Crippen LogP contribution in [0.25, 0.3) is 16.8 Å². The fraction of sp³-hybridized carbons (Fsp3) is 0.292. The van der Waals surface area contributed by atoms with Gasteiger partial charge in [0.1, 0.15) is 11.8 Å². The molecule has 36 heavy (non-hydrogen) atoms. The van der Waals surface area contributed by atoms with Gasteiger partial charge in [-0.2, -0.15) is 5.10 Å². The fourth-order valence-electron chi connectivity index (χ4n) is 4.69. The lowest BCUT2D eigenvalue weighted by Crippen LogP contribution is -2.56. The van der Waals surface area contributed by atoms with Crippen LogP contribution in [-0.2, 0) is 9.84 Å². The summed E-state index contributed by atoms with van der Waals surface area (Å²) in [4.78, 5) is 20.1. The summed E-state index contributed by atoms with van der Waals surface area (Å²) in [6, 6.07) is 12.1. The summed E-state index contributed by atoms with van der Waals surface area (Å²) in [6.07, 6.45) is 4.27. The number of carbonyl (C=O) groups is 1. The van der Waals surface area contributed by atoms with E-state index in [4.69, 9.17) is 17.3 Å². The normalized spacial score (nSPS) is 18.5. The number of nitrogens with one attached hydrogen (secondary N) is 1. The molecule has 1 aliphatic rings. The van der Waals surface area contributed by atoms with Crippen LogP contribution in [0, 0.1) is 0 Å². The second-order valence-electron chi connectivity index (χ2n) is 9.26. The molecule has 3 N–H and O–H groups in total. The van der Waals surface area contributed by atoms with Crippen molar-refractivity contribution in [2.24, 2.45) is 0 Å². The van der Waals surface area contributed by atoms with Gasteiger partial charge in [0, 0.05) is 24.9 Å². The topological polar surface area (TPSA) is 123 Å². The van der Waals surface area contributed by atoms with E-state index in [1.807, 2.05) is 13.0 Å². The molecule has 0 aliphatic carbocycles. The minimum Gasteiger partial charge on any atom is -0.382 e.